The van der Waals surface area contributed by atoms with Gasteiger partial charge in [0.2, 0.25) is 0 Å². The molecule has 0 aromatic carbocycles. The highest BCUT2D eigenvalue weighted by molar-refractivity contribution is 5.59. The van der Waals surface area contributed by atoms with Gasteiger partial charge in [-0.3, -0.25) is 4.98 Å². The summed E-state index contributed by atoms with van der Waals surface area (Å²) < 4.78 is 0. The summed E-state index contributed by atoms with van der Waals surface area (Å²) in [5, 5.41) is 0. The molecule has 0 fully saturated rings. The molecular formula is C12H17NO. The van der Waals surface area contributed by atoms with E-state index in [9.17, 15) is 4.79 Å². The Morgan fingerprint density at radius 3 is 2.50 bits per heavy atom. The van der Waals surface area contributed by atoms with Crippen LogP contribution in [0.5, 0.6) is 0 Å². The number of aromatic nitrogens is 1. The third kappa shape index (κ3) is 2.41. The van der Waals surface area contributed by atoms with Crippen molar-refractivity contribution >= 4 is 6.29 Å². The van der Waals surface area contributed by atoms with Gasteiger partial charge in [-0.25, -0.2) is 0 Å². The lowest BCUT2D eigenvalue weighted by atomic mass is 9.79. The molecule has 1 rings (SSSR count). The summed E-state index contributed by atoms with van der Waals surface area (Å²) in [5.41, 5.74) is 0.789. The van der Waals surface area contributed by atoms with Gasteiger partial charge in [-0.05, 0) is 25.0 Å². The number of rotatable bonds is 5. The number of nitrogens with zero attached hydrogens (tertiary/aromatic N) is 1. The van der Waals surface area contributed by atoms with E-state index in [4.69, 9.17) is 0 Å². The van der Waals surface area contributed by atoms with Gasteiger partial charge in [0.1, 0.15) is 6.29 Å². The first-order valence-corrected chi connectivity index (χ1v) is 5.12. The fourth-order valence-electron chi connectivity index (χ4n) is 1.57. The Bertz CT molecular complexity index is 278. The SMILES string of the molecule is CCC(C=O)(CC)Cc1ccccn1. The first kappa shape index (κ1) is 10.9. The molecule has 0 aliphatic heterocycles. The summed E-state index contributed by atoms with van der Waals surface area (Å²) in [7, 11) is 0. The van der Waals surface area contributed by atoms with Crippen molar-refractivity contribution in [2.75, 3.05) is 0 Å². The van der Waals surface area contributed by atoms with E-state index in [0.29, 0.717) is 0 Å². The van der Waals surface area contributed by atoms with Gasteiger partial charge in [-0.2, -0.15) is 0 Å². The van der Waals surface area contributed by atoms with Gasteiger partial charge in [-0.1, -0.05) is 19.9 Å². The summed E-state index contributed by atoms with van der Waals surface area (Å²) in [6.45, 7) is 4.11. The highest BCUT2D eigenvalue weighted by Gasteiger charge is 2.26. The topological polar surface area (TPSA) is 30.0 Å². The highest BCUT2D eigenvalue weighted by atomic mass is 16.1. The van der Waals surface area contributed by atoms with Crippen LogP contribution in [0.15, 0.2) is 24.4 Å². The second-order valence-corrected chi connectivity index (χ2v) is 3.69. The van der Waals surface area contributed by atoms with E-state index in [-0.39, 0.29) is 5.41 Å². The molecule has 0 N–H and O–H groups in total. The Balaban J connectivity index is 2.79. The predicted molar refractivity (Wildman–Crippen MR) is 57.0 cm³/mol. The second kappa shape index (κ2) is 4.89. The Morgan fingerprint density at radius 2 is 2.07 bits per heavy atom. The highest BCUT2D eigenvalue weighted by Crippen LogP contribution is 2.27. The van der Waals surface area contributed by atoms with E-state index in [0.717, 1.165) is 31.2 Å². The van der Waals surface area contributed by atoms with Crippen LogP contribution >= 0.6 is 0 Å². The Kier molecular flexibility index (Phi) is 3.81. The quantitative estimate of drug-likeness (QED) is 0.670. The number of carbonyl (C=O) groups is 1. The van der Waals surface area contributed by atoms with E-state index in [1.807, 2.05) is 18.2 Å². The third-order valence-corrected chi connectivity index (χ3v) is 2.92. The van der Waals surface area contributed by atoms with Crippen LogP contribution in [0, 0.1) is 5.41 Å². The molecule has 1 heterocycles. The summed E-state index contributed by atoms with van der Waals surface area (Å²) in [6.07, 6.45) is 5.37. The van der Waals surface area contributed by atoms with Gasteiger partial charge in [0.05, 0.1) is 0 Å². The van der Waals surface area contributed by atoms with Crippen molar-refractivity contribution in [1.82, 2.24) is 4.98 Å². The number of pyridine rings is 1. The number of carbonyl (C=O) groups excluding carboxylic acids is 1. The standard InChI is InChI=1S/C12H17NO/c1-3-12(4-2,10-14)9-11-7-5-6-8-13-11/h5-8,10H,3-4,9H2,1-2H3. The molecule has 0 aliphatic rings. The van der Waals surface area contributed by atoms with E-state index in [2.05, 4.69) is 18.8 Å². The lowest BCUT2D eigenvalue weighted by molar-refractivity contribution is -0.116. The van der Waals surface area contributed by atoms with Crippen molar-refractivity contribution in [2.24, 2.45) is 5.41 Å². The molecule has 0 bridgehead atoms. The molecule has 76 valence electrons. The van der Waals surface area contributed by atoms with Crippen molar-refractivity contribution < 1.29 is 4.79 Å². The zero-order chi connectivity index (χ0) is 10.4. The molecule has 0 spiro atoms. The molecule has 0 amide bonds. The van der Waals surface area contributed by atoms with Crippen LogP contribution in [0.2, 0.25) is 0 Å². The molecule has 0 saturated carbocycles. The molecule has 0 atom stereocenters. The van der Waals surface area contributed by atoms with Crippen molar-refractivity contribution in [1.29, 1.82) is 0 Å². The van der Waals surface area contributed by atoms with Gasteiger partial charge in [-0.15, -0.1) is 0 Å². The predicted octanol–water partition coefficient (Wildman–Crippen LogP) is 2.63. The van der Waals surface area contributed by atoms with Crippen molar-refractivity contribution in [3.8, 4) is 0 Å². The molecule has 2 heteroatoms. The van der Waals surface area contributed by atoms with E-state index in [1.165, 1.54) is 0 Å². The minimum Gasteiger partial charge on any atom is -0.303 e. The maximum atomic E-state index is 11.1. The molecule has 0 unspecified atom stereocenters. The maximum Gasteiger partial charge on any atom is 0.126 e. The van der Waals surface area contributed by atoms with E-state index < -0.39 is 0 Å². The first-order valence-electron chi connectivity index (χ1n) is 5.12. The smallest absolute Gasteiger partial charge is 0.126 e. The average molecular weight is 191 g/mol. The van der Waals surface area contributed by atoms with Gasteiger partial charge in [0.15, 0.2) is 0 Å². The molecule has 1 aromatic rings. The summed E-state index contributed by atoms with van der Waals surface area (Å²) >= 11 is 0. The van der Waals surface area contributed by atoms with Crippen molar-refractivity contribution in [3.63, 3.8) is 0 Å². The largest absolute Gasteiger partial charge is 0.303 e. The van der Waals surface area contributed by atoms with Crippen molar-refractivity contribution in [3.05, 3.63) is 30.1 Å². The zero-order valence-corrected chi connectivity index (χ0v) is 8.86. The fraction of sp³-hybridized carbons (Fsp3) is 0.500. The van der Waals surface area contributed by atoms with Crippen LogP contribution in [-0.4, -0.2) is 11.3 Å². The lowest BCUT2D eigenvalue weighted by Crippen LogP contribution is -2.24. The van der Waals surface area contributed by atoms with Crippen LogP contribution in [0.1, 0.15) is 32.4 Å². The van der Waals surface area contributed by atoms with Crippen molar-refractivity contribution in [2.45, 2.75) is 33.1 Å². The summed E-state index contributed by atoms with van der Waals surface area (Å²) in [4.78, 5) is 15.3. The zero-order valence-electron chi connectivity index (χ0n) is 8.86. The van der Waals surface area contributed by atoms with Gasteiger partial charge in [0.25, 0.3) is 0 Å². The Labute approximate surface area is 85.4 Å². The molecule has 0 saturated heterocycles. The normalized spacial score (nSPS) is 11.3. The molecule has 0 aliphatic carbocycles. The minimum atomic E-state index is -0.214. The molecule has 0 radical (unpaired) electrons. The third-order valence-electron chi connectivity index (χ3n) is 2.92. The number of aldehydes is 1. The van der Waals surface area contributed by atoms with Crippen LogP contribution in [0.3, 0.4) is 0 Å². The second-order valence-electron chi connectivity index (χ2n) is 3.69. The van der Waals surface area contributed by atoms with Gasteiger partial charge in [0, 0.05) is 23.7 Å². The molecule has 14 heavy (non-hydrogen) atoms. The Hall–Kier alpha value is -1.18. The molecular weight excluding hydrogens is 174 g/mol. The average Bonchev–Trinajstić information content (AvgIpc) is 2.28. The fourth-order valence-corrected chi connectivity index (χ4v) is 1.57. The number of hydrogen-bond donors (Lipinski definition) is 0. The first-order chi connectivity index (χ1) is 6.76. The van der Waals surface area contributed by atoms with Gasteiger partial charge >= 0.3 is 0 Å². The van der Waals surface area contributed by atoms with Crippen LogP contribution in [0.4, 0.5) is 0 Å². The Morgan fingerprint density at radius 1 is 1.36 bits per heavy atom. The summed E-state index contributed by atoms with van der Waals surface area (Å²) in [6, 6.07) is 5.83. The lowest BCUT2D eigenvalue weighted by Gasteiger charge is -2.24. The summed E-state index contributed by atoms with van der Waals surface area (Å²) in [5.74, 6) is 0. The monoisotopic (exact) mass is 191 g/mol. The van der Waals surface area contributed by atoms with E-state index in [1.54, 1.807) is 6.20 Å². The van der Waals surface area contributed by atoms with Crippen LogP contribution < -0.4 is 0 Å². The van der Waals surface area contributed by atoms with Crippen LogP contribution in [-0.2, 0) is 11.2 Å². The van der Waals surface area contributed by atoms with E-state index >= 15 is 0 Å². The number of hydrogen-bond acceptors (Lipinski definition) is 2. The molecule has 1 aromatic heterocycles. The maximum absolute atomic E-state index is 11.1. The van der Waals surface area contributed by atoms with Crippen LogP contribution in [0.25, 0.3) is 0 Å². The van der Waals surface area contributed by atoms with Gasteiger partial charge < -0.3 is 4.79 Å². The minimum absolute atomic E-state index is 0.214. The molecule has 2 nitrogen and oxygen atoms in total.